The normalized spacial score (nSPS) is 24.2. The molecule has 182 valence electrons. The Hall–Kier alpha value is -2.12. The Kier molecular flexibility index (Phi) is 8.06. The molecule has 2 N–H and O–H groups in total. The summed E-state index contributed by atoms with van der Waals surface area (Å²) in [6.07, 6.45) is 1.42. The van der Waals surface area contributed by atoms with Crippen LogP contribution in [0.5, 0.6) is 5.75 Å². The molecule has 1 aromatic rings. The van der Waals surface area contributed by atoms with Crippen LogP contribution in [0, 0.1) is 23.7 Å². The van der Waals surface area contributed by atoms with Gasteiger partial charge in [0.15, 0.2) is 0 Å². The van der Waals surface area contributed by atoms with E-state index in [1.807, 2.05) is 6.92 Å². The molecular weight excluding hydrogens is 444 g/mol. The van der Waals surface area contributed by atoms with Gasteiger partial charge in [-0.25, -0.2) is 8.42 Å². The van der Waals surface area contributed by atoms with Crippen molar-refractivity contribution >= 4 is 15.9 Å². The lowest BCUT2D eigenvalue weighted by molar-refractivity contribution is -0.131. The lowest BCUT2D eigenvalue weighted by atomic mass is 10.0. The van der Waals surface area contributed by atoms with Crippen molar-refractivity contribution in [1.82, 2.24) is 9.21 Å². The molecule has 1 aliphatic carbocycles. The molecule has 0 radical (unpaired) electrons. The second kappa shape index (κ2) is 10.4. The lowest BCUT2D eigenvalue weighted by Gasteiger charge is -2.37. The highest BCUT2D eigenvalue weighted by Gasteiger charge is 2.38. The van der Waals surface area contributed by atoms with Crippen LogP contribution < -0.4 is 4.74 Å². The van der Waals surface area contributed by atoms with E-state index in [1.165, 1.54) is 10.4 Å². The highest BCUT2D eigenvalue weighted by Crippen LogP contribution is 2.35. The van der Waals surface area contributed by atoms with E-state index in [9.17, 15) is 23.4 Å². The number of hydrogen-bond acceptors (Lipinski definition) is 6. The van der Waals surface area contributed by atoms with Crippen molar-refractivity contribution in [3.05, 3.63) is 23.8 Å². The number of fused-ring (bicyclic) bond motifs is 1. The summed E-state index contributed by atoms with van der Waals surface area (Å²) in [6, 6.07) is 3.96. The quantitative estimate of drug-likeness (QED) is 0.600. The number of ether oxygens (including phenoxy) is 1. The third kappa shape index (κ3) is 6.27. The molecule has 1 saturated carbocycles. The Morgan fingerprint density at radius 2 is 2.03 bits per heavy atom. The van der Waals surface area contributed by atoms with Gasteiger partial charge in [-0.15, -0.1) is 0 Å². The van der Waals surface area contributed by atoms with E-state index in [4.69, 9.17) is 4.74 Å². The lowest BCUT2D eigenvalue weighted by Crippen LogP contribution is -2.50. The summed E-state index contributed by atoms with van der Waals surface area (Å²) < 4.78 is 34.5. The van der Waals surface area contributed by atoms with Crippen LogP contribution in [-0.2, 0) is 14.8 Å². The molecule has 33 heavy (non-hydrogen) atoms. The van der Waals surface area contributed by atoms with Crippen molar-refractivity contribution in [2.75, 3.05) is 26.7 Å². The zero-order chi connectivity index (χ0) is 24.3. The molecule has 1 aliphatic heterocycles. The number of hydrogen-bond donors (Lipinski definition) is 2. The van der Waals surface area contributed by atoms with E-state index >= 15 is 0 Å². The third-order valence-corrected chi connectivity index (χ3v) is 8.15. The zero-order valence-electron chi connectivity index (χ0n) is 19.7. The molecule has 2 aliphatic rings. The van der Waals surface area contributed by atoms with Crippen molar-refractivity contribution in [2.45, 2.75) is 63.2 Å². The van der Waals surface area contributed by atoms with Gasteiger partial charge in [0.25, 0.3) is 0 Å². The fourth-order valence-electron chi connectivity index (χ4n) is 3.81. The van der Waals surface area contributed by atoms with Gasteiger partial charge >= 0.3 is 0 Å². The fourth-order valence-corrected chi connectivity index (χ4v) is 5.63. The smallest absolute Gasteiger partial charge is 0.247 e. The Morgan fingerprint density at radius 1 is 1.33 bits per heavy atom. The monoisotopic (exact) mass is 478 g/mol. The Balaban J connectivity index is 1.99. The maximum atomic E-state index is 13.5. The van der Waals surface area contributed by atoms with Gasteiger partial charge in [0.2, 0.25) is 15.9 Å². The van der Waals surface area contributed by atoms with Crippen molar-refractivity contribution in [1.29, 1.82) is 0 Å². The second-order valence-corrected chi connectivity index (χ2v) is 11.1. The van der Waals surface area contributed by atoms with Crippen molar-refractivity contribution in [3.63, 3.8) is 0 Å². The standard InChI is InChI=1S/C24H34N2O6S/c1-16-13-26(17(2)15-27)33(30,31)23-10-9-19(6-5-18(3)28)11-21(23)32-22(16)14-25(4)24(29)12-20-7-8-20/h9-11,16-18,20,22,27-28H,7-8,12-15H2,1-4H3/t16-,17+,18-,22+/m0/s1. The topological polar surface area (TPSA) is 107 Å². The minimum atomic E-state index is -3.94. The number of nitrogens with zero attached hydrogens (tertiary/aromatic N) is 2. The van der Waals surface area contributed by atoms with Gasteiger partial charge in [0.1, 0.15) is 22.9 Å². The number of rotatable bonds is 6. The molecule has 1 amide bonds. The second-order valence-electron chi connectivity index (χ2n) is 9.27. The zero-order valence-corrected chi connectivity index (χ0v) is 20.5. The van der Waals surface area contributed by atoms with Crippen molar-refractivity contribution < 1.29 is 28.2 Å². The molecule has 9 heteroatoms. The molecule has 1 aromatic carbocycles. The number of carbonyl (C=O) groups is 1. The number of sulfonamides is 1. The molecule has 0 spiro atoms. The number of benzene rings is 1. The first-order chi connectivity index (χ1) is 15.5. The number of likely N-dealkylation sites (N-methyl/N-ethyl adjacent to an activating group) is 1. The molecule has 0 unspecified atom stereocenters. The van der Waals surface area contributed by atoms with Gasteiger partial charge < -0.3 is 19.8 Å². The third-order valence-electron chi connectivity index (χ3n) is 6.13. The molecule has 3 rings (SSSR count). The van der Waals surface area contributed by atoms with Crippen LogP contribution in [0.3, 0.4) is 0 Å². The molecule has 4 atom stereocenters. The van der Waals surface area contributed by atoms with Crippen molar-refractivity contribution in [2.24, 2.45) is 11.8 Å². The predicted octanol–water partition coefficient (Wildman–Crippen LogP) is 1.45. The summed E-state index contributed by atoms with van der Waals surface area (Å²) in [5.74, 6) is 5.91. The van der Waals surface area contributed by atoms with Crippen LogP contribution in [0.2, 0.25) is 0 Å². The van der Waals surface area contributed by atoms with E-state index in [-0.39, 0.29) is 35.6 Å². The van der Waals surface area contributed by atoms with Crippen LogP contribution in [0.15, 0.2) is 23.1 Å². The van der Waals surface area contributed by atoms with E-state index in [0.717, 1.165) is 12.8 Å². The first-order valence-corrected chi connectivity index (χ1v) is 12.8. The summed E-state index contributed by atoms with van der Waals surface area (Å²) in [4.78, 5) is 14.2. The minimum absolute atomic E-state index is 0.00532. The average Bonchev–Trinajstić information content (AvgIpc) is 3.57. The molecule has 1 fully saturated rings. The highest BCUT2D eigenvalue weighted by atomic mass is 32.2. The van der Waals surface area contributed by atoms with Gasteiger partial charge in [-0.3, -0.25) is 4.79 Å². The Morgan fingerprint density at radius 3 is 2.64 bits per heavy atom. The maximum absolute atomic E-state index is 13.5. The van der Waals surface area contributed by atoms with Gasteiger partial charge in [-0.2, -0.15) is 4.31 Å². The van der Waals surface area contributed by atoms with Crippen molar-refractivity contribution in [3.8, 4) is 17.6 Å². The minimum Gasteiger partial charge on any atom is -0.487 e. The molecule has 0 saturated heterocycles. The summed E-state index contributed by atoms with van der Waals surface area (Å²) >= 11 is 0. The molecular formula is C24H34N2O6S. The Bertz CT molecular complexity index is 1030. The molecule has 0 aromatic heterocycles. The van der Waals surface area contributed by atoms with E-state index < -0.39 is 28.3 Å². The summed E-state index contributed by atoms with van der Waals surface area (Å²) in [5, 5.41) is 19.2. The van der Waals surface area contributed by atoms with E-state index in [0.29, 0.717) is 24.4 Å². The Labute approximate surface area is 196 Å². The molecule has 8 nitrogen and oxygen atoms in total. The number of aliphatic hydroxyl groups is 2. The number of amides is 1. The largest absolute Gasteiger partial charge is 0.487 e. The van der Waals surface area contributed by atoms with Crippen LogP contribution >= 0.6 is 0 Å². The van der Waals surface area contributed by atoms with Gasteiger partial charge in [-0.05, 0) is 50.8 Å². The highest BCUT2D eigenvalue weighted by molar-refractivity contribution is 7.89. The van der Waals surface area contributed by atoms with Crippen LogP contribution in [-0.4, -0.2) is 78.7 Å². The molecule has 1 heterocycles. The summed E-state index contributed by atoms with van der Waals surface area (Å²) in [7, 11) is -2.19. The fraction of sp³-hybridized carbons (Fsp3) is 0.625. The van der Waals surface area contributed by atoms with Gasteiger partial charge in [0.05, 0.1) is 13.2 Å². The van der Waals surface area contributed by atoms with E-state index in [1.54, 1.807) is 37.9 Å². The van der Waals surface area contributed by atoms with E-state index in [2.05, 4.69) is 11.8 Å². The average molecular weight is 479 g/mol. The SMILES string of the molecule is C[C@H](O)C#Cc1ccc2c(c1)O[C@H](CN(C)C(=O)CC1CC1)[C@@H](C)CN([C@H](C)CO)S2(=O)=O. The summed E-state index contributed by atoms with van der Waals surface area (Å²) in [6.45, 7) is 5.25. The van der Waals surface area contributed by atoms with Crippen LogP contribution in [0.4, 0.5) is 0 Å². The van der Waals surface area contributed by atoms with Gasteiger partial charge in [-0.1, -0.05) is 18.8 Å². The molecule has 0 bridgehead atoms. The van der Waals surface area contributed by atoms with Crippen LogP contribution in [0.25, 0.3) is 0 Å². The number of carbonyl (C=O) groups excluding carboxylic acids is 1. The predicted molar refractivity (Wildman–Crippen MR) is 124 cm³/mol. The first kappa shape index (κ1) is 25.5. The van der Waals surface area contributed by atoms with Gasteiger partial charge in [0, 0.05) is 37.5 Å². The first-order valence-electron chi connectivity index (χ1n) is 11.4. The number of aliphatic hydroxyl groups excluding tert-OH is 2. The summed E-state index contributed by atoms with van der Waals surface area (Å²) in [5.41, 5.74) is 0.511. The maximum Gasteiger partial charge on any atom is 0.247 e. The van der Waals surface area contributed by atoms with Crippen LogP contribution in [0.1, 0.15) is 45.6 Å².